The first-order chi connectivity index (χ1) is 23.5. The highest BCUT2D eigenvalue weighted by Gasteiger charge is 2.23. The number of hydrogen-bond donors (Lipinski definition) is 3. The summed E-state index contributed by atoms with van der Waals surface area (Å²) in [6.45, 7) is 47.1. The third-order valence-corrected chi connectivity index (χ3v) is 10.3. The van der Waals surface area contributed by atoms with Gasteiger partial charge in [-0.15, -0.1) is 0 Å². The quantitative estimate of drug-likeness (QED) is 0.175. The first-order valence-electron chi connectivity index (χ1n) is 20.0. The summed E-state index contributed by atoms with van der Waals surface area (Å²) < 4.78 is 0. The minimum absolute atomic E-state index is 0.0926. The average molecular weight is 711 g/mol. The van der Waals surface area contributed by atoms with E-state index in [0.29, 0.717) is 0 Å². The van der Waals surface area contributed by atoms with Gasteiger partial charge in [0.05, 0.1) is 0 Å². The number of benzene rings is 3. The highest BCUT2D eigenvalue weighted by Crippen LogP contribution is 2.34. The standard InChI is InChI=1S/C48H78N4/c1-43(2,3)34-25-35(44(4,5)6)29-40(28-34)49-19-22-52(23-20-50-41-30-36(45(7,8)9)26-37(31-41)46(10,11)12)24-21-51-42-32-38(47(13,14)15)27-39(33-42)48(16,17)18/h25-33,49-51H,19-24H2,1-18H3. The van der Waals surface area contributed by atoms with E-state index in [1.54, 1.807) is 0 Å². The summed E-state index contributed by atoms with van der Waals surface area (Å²) in [6.07, 6.45) is 0. The smallest absolute Gasteiger partial charge is 0.0346 e. The summed E-state index contributed by atoms with van der Waals surface area (Å²) >= 11 is 0. The third-order valence-electron chi connectivity index (χ3n) is 10.3. The van der Waals surface area contributed by atoms with Crippen LogP contribution in [0.3, 0.4) is 0 Å². The number of hydrogen-bond acceptors (Lipinski definition) is 4. The van der Waals surface area contributed by atoms with Gasteiger partial charge in [0.2, 0.25) is 0 Å². The molecule has 4 nitrogen and oxygen atoms in total. The lowest BCUT2D eigenvalue weighted by Gasteiger charge is -2.28. The first-order valence-corrected chi connectivity index (χ1v) is 20.0. The van der Waals surface area contributed by atoms with Crippen molar-refractivity contribution in [1.29, 1.82) is 0 Å². The van der Waals surface area contributed by atoms with Gasteiger partial charge in [0, 0.05) is 56.3 Å². The van der Waals surface area contributed by atoms with Crippen molar-refractivity contribution in [3.8, 4) is 0 Å². The number of nitrogens with zero attached hydrogens (tertiary/aromatic N) is 1. The van der Waals surface area contributed by atoms with E-state index in [0.717, 1.165) is 39.3 Å². The van der Waals surface area contributed by atoms with Crippen LogP contribution in [-0.4, -0.2) is 44.2 Å². The van der Waals surface area contributed by atoms with Crippen molar-refractivity contribution in [2.24, 2.45) is 0 Å². The molecule has 0 bridgehead atoms. The maximum Gasteiger partial charge on any atom is 0.0346 e. The normalized spacial score (nSPS) is 13.4. The molecule has 52 heavy (non-hydrogen) atoms. The summed E-state index contributed by atoms with van der Waals surface area (Å²) in [5, 5.41) is 11.5. The highest BCUT2D eigenvalue weighted by atomic mass is 15.2. The molecule has 0 saturated heterocycles. The molecule has 3 aromatic carbocycles. The lowest BCUT2D eigenvalue weighted by Crippen LogP contribution is -2.36. The monoisotopic (exact) mass is 711 g/mol. The maximum atomic E-state index is 3.83. The Balaban J connectivity index is 1.83. The topological polar surface area (TPSA) is 39.3 Å². The Kier molecular flexibility index (Phi) is 13.5. The first kappa shape index (κ1) is 43.4. The van der Waals surface area contributed by atoms with Crippen molar-refractivity contribution < 1.29 is 0 Å². The molecule has 0 spiro atoms. The molecule has 0 aromatic heterocycles. The predicted molar refractivity (Wildman–Crippen MR) is 233 cm³/mol. The van der Waals surface area contributed by atoms with Gasteiger partial charge in [-0.1, -0.05) is 143 Å². The fourth-order valence-electron chi connectivity index (χ4n) is 6.20. The van der Waals surface area contributed by atoms with Gasteiger partial charge in [-0.2, -0.15) is 0 Å². The van der Waals surface area contributed by atoms with E-state index in [4.69, 9.17) is 0 Å². The number of rotatable bonds is 12. The molecule has 0 atom stereocenters. The van der Waals surface area contributed by atoms with Crippen molar-refractivity contribution in [3.63, 3.8) is 0 Å². The van der Waals surface area contributed by atoms with E-state index < -0.39 is 0 Å². The molecular weight excluding hydrogens is 633 g/mol. The van der Waals surface area contributed by atoms with Crippen molar-refractivity contribution in [2.75, 3.05) is 55.2 Å². The molecule has 0 amide bonds. The Labute approximate surface area is 321 Å². The van der Waals surface area contributed by atoms with Crippen molar-refractivity contribution >= 4 is 17.1 Å². The third kappa shape index (κ3) is 13.2. The fourth-order valence-corrected chi connectivity index (χ4v) is 6.20. The van der Waals surface area contributed by atoms with Crippen molar-refractivity contribution in [1.82, 2.24) is 4.90 Å². The van der Waals surface area contributed by atoms with Gasteiger partial charge in [-0.05, 0) is 102 Å². The van der Waals surface area contributed by atoms with Crippen LogP contribution >= 0.6 is 0 Å². The zero-order valence-corrected chi connectivity index (χ0v) is 36.9. The second-order valence-electron chi connectivity index (χ2n) is 21.5. The molecule has 0 heterocycles. The molecule has 0 aliphatic carbocycles. The molecule has 0 fully saturated rings. The molecule has 0 aliphatic rings. The van der Waals surface area contributed by atoms with Crippen LogP contribution in [0.4, 0.5) is 17.1 Å². The summed E-state index contributed by atoms with van der Waals surface area (Å²) in [6, 6.07) is 21.3. The van der Waals surface area contributed by atoms with Gasteiger partial charge >= 0.3 is 0 Å². The average Bonchev–Trinajstić information content (AvgIpc) is 2.98. The van der Waals surface area contributed by atoms with Gasteiger partial charge in [0.1, 0.15) is 0 Å². The van der Waals surface area contributed by atoms with Crippen LogP contribution in [0.1, 0.15) is 158 Å². The van der Waals surface area contributed by atoms with E-state index >= 15 is 0 Å². The zero-order chi connectivity index (χ0) is 39.5. The molecule has 0 radical (unpaired) electrons. The molecular formula is C48H78N4. The van der Waals surface area contributed by atoms with Gasteiger partial charge in [-0.3, -0.25) is 4.90 Å². The summed E-state index contributed by atoms with van der Waals surface area (Å²) in [5.41, 5.74) is 12.5. The largest absolute Gasteiger partial charge is 0.384 e. The van der Waals surface area contributed by atoms with Crippen LogP contribution in [0, 0.1) is 0 Å². The number of nitrogens with one attached hydrogen (secondary N) is 3. The fraction of sp³-hybridized carbons (Fsp3) is 0.625. The van der Waals surface area contributed by atoms with E-state index in [1.807, 2.05) is 0 Å². The Morgan fingerprint density at radius 2 is 0.481 bits per heavy atom. The van der Waals surface area contributed by atoms with Gasteiger partial charge < -0.3 is 16.0 Å². The van der Waals surface area contributed by atoms with Crippen LogP contribution < -0.4 is 16.0 Å². The van der Waals surface area contributed by atoms with Crippen LogP contribution in [0.5, 0.6) is 0 Å². The van der Waals surface area contributed by atoms with Gasteiger partial charge in [-0.25, -0.2) is 0 Å². The summed E-state index contributed by atoms with van der Waals surface area (Å²) in [5.74, 6) is 0. The van der Waals surface area contributed by atoms with Crippen LogP contribution in [0.2, 0.25) is 0 Å². The molecule has 3 aromatic rings. The minimum Gasteiger partial charge on any atom is -0.384 e. The highest BCUT2D eigenvalue weighted by molar-refractivity contribution is 5.54. The van der Waals surface area contributed by atoms with E-state index in [2.05, 4.69) is 200 Å². The molecule has 3 rings (SSSR count). The molecule has 0 saturated carbocycles. The Morgan fingerprint density at radius 3 is 0.635 bits per heavy atom. The van der Waals surface area contributed by atoms with Crippen molar-refractivity contribution in [3.05, 3.63) is 88.0 Å². The summed E-state index contributed by atoms with van der Waals surface area (Å²) in [4.78, 5) is 2.60. The van der Waals surface area contributed by atoms with Gasteiger partial charge in [0.25, 0.3) is 0 Å². The SMILES string of the molecule is CC(C)(C)c1cc(NCCN(CCNc2cc(C(C)(C)C)cc(C(C)(C)C)c2)CCNc2cc(C(C)(C)C)cc(C(C)(C)C)c2)cc(C(C)(C)C)c1. The lowest BCUT2D eigenvalue weighted by molar-refractivity contribution is 0.306. The second kappa shape index (κ2) is 16.2. The van der Waals surface area contributed by atoms with Crippen LogP contribution in [0.25, 0.3) is 0 Å². The van der Waals surface area contributed by atoms with E-state index in [9.17, 15) is 0 Å². The van der Waals surface area contributed by atoms with Gasteiger partial charge in [0.15, 0.2) is 0 Å². The Bertz CT molecular complexity index is 1310. The molecule has 290 valence electrons. The zero-order valence-electron chi connectivity index (χ0n) is 36.9. The Hall–Kier alpha value is -2.98. The number of anilines is 3. The van der Waals surface area contributed by atoms with E-state index in [-0.39, 0.29) is 32.5 Å². The molecule has 0 unspecified atom stereocenters. The van der Waals surface area contributed by atoms with E-state index in [1.165, 1.54) is 50.4 Å². The predicted octanol–water partition coefficient (Wildman–Crippen LogP) is 12.4. The van der Waals surface area contributed by atoms with Crippen molar-refractivity contribution in [2.45, 2.75) is 157 Å². The lowest BCUT2D eigenvalue weighted by atomic mass is 9.80. The maximum absolute atomic E-state index is 3.83. The molecule has 4 heteroatoms. The Morgan fingerprint density at radius 1 is 0.308 bits per heavy atom. The molecule has 3 N–H and O–H groups in total. The van der Waals surface area contributed by atoms with Crippen LogP contribution in [-0.2, 0) is 32.5 Å². The summed E-state index contributed by atoms with van der Waals surface area (Å²) in [7, 11) is 0. The van der Waals surface area contributed by atoms with Crippen LogP contribution in [0.15, 0.2) is 54.6 Å². The second-order valence-corrected chi connectivity index (χ2v) is 21.5. The molecule has 0 aliphatic heterocycles. The minimum atomic E-state index is 0.0926.